The highest BCUT2D eigenvalue weighted by Gasteiger charge is 2.17. The molecule has 1 saturated heterocycles. The third kappa shape index (κ3) is 5.34. The maximum atomic E-state index is 10.7. The summed E-state index contributed by atoms with van der Waals surface area (Å²) >= 11 is 0. The molecule has 1 fully saturated rings. The monoisotopic (exact) mass is 371 g/mol. The van der Waals surface area contributed by atoms with Crippen LogP contribution in [0.25, 0.3) is 0 Å². The molecule has 7 heteroatoms. The molecule has 2 aromatic carbocycles. The Hall–Kier alpha value is -2.80. The molecule has 0 unspecified atom stereocenters. The molecule has 0 spiro atoms. The number of nitro groups is 1. The van der Waals surface area contributed by atoms with E-state index >= 15 is 0 Å². The van der Waals surface area contributed by atoms with E-state index < -0.39 is 0 Å². The normalized spacial score (nSPS) is 14.8. The van der Waals surface area contributed by atoms with Crippen molar-refractivity contribution in [2.75, 3.05) is 51.3 Å². The first kappa shape index (κ1) is 19.0. The highest BCUT2D eigenvalue weighted by atomic mass is 16.6. The fraction of sp³-hybridized carbons (Fsp3) is 0.400. The maximum absolute atomic E-state index is 10.7. The van der Waals surface area contributed by atoms with Crippen LogP contribution >= 0.6 is 0 Å². The van der Waals surface area contributed by atoms with Gasteiger partial charge in [-0.15, -0.1) is 0 Å². The molecule has 27 heavy (non-hydrogen) atoms. The molecule has 2 aromatic rings. The molecule has 0 atom stereocenters. The van der Waals surface area contributed by atoms with Gasteiger partial charge in [0.1, 0.15) is 11.5 Å². The van der Waals surface area contributed by atoms with Crippen molar-refractivity contribution in [1.82, 2.24) is 4.90 Å². The molecule has 1 aliphatic heterocycles. The van der Waals surface area contributed by atoms with Crippen LogP contribution in [0.15, 0.2) is 48.5 Å². The van der Waals surface area contributed by atoms with E-state index in [1.807, 2.05) is 36.4 Å². The van der Waals surface area contributed by atoms with Crippen LogP contribution in [-0.4, -0.2) is 56.3 Å². The van der Waals surface area contributed by atoms with E-state index in [2.05, 4.69) is 9.80 Å². The topological polar surface area (TPSA) is 68.1 Å². The van der Waals surface area contributed by atoms with Gasteiger partial charge in [-0.1, -0.05) is 0 Å². The fourth-order valence-corrected chi connectivity index (χ4v) is 3.16. The highest BCUT2D eigenvalue weighted by molar-refractivity contribution is 5.51. The lowest BCUT2D eigenvalue weighted by Gasteiger charge is -2.36. The van der Waals surface area contributed by atoms with E-state index in [-0.39, 0.29) is 10.6 Å². The minimum absolute atomic E-state index is 0.134. The zero-order valence-electron chi connectivity index (χ0n) is 15.5. The summed E-state index contributed by atoms with van der Waals surface area (Å²) in [6, 6.07) is 14.4. The zero-order chi connectivity index (χ0) is 19.1. The number of hydrogen-bond donors (Lipinski definition) is 0. The Morgan fingerprint density at radius 1 is 0.963 bits per heavy atom. The Bertz CT molecular complexity index is 726. The van der Waals surface area contributed by atoms with Crippen molar-refractivity contribution in [3.8, 4) is 11.5 Å². The van der Waals surface area contributed by atoms with Crippen LogP contribution in [0.5, 0.6) is 11.5 Å². The molecule has 7 nitrogen and oxygen atoms in total. The molecule has 0 N–H and O–H groups in total. The summed E-state index contributed by atoms with van der Waals surface area (Å²) < 4.78 is 10.9. The van der Waals surface area contributed by atoms with Crippen LogP contribution in [-0.2, 0) is 0 Å². The van der Waals surface area contributed by atoms with Crippen LogP contribution in [0.4, 0.5) is 11.4 Å². The fourth-order valence-electron chi connectivity index (χ4n) is 3.16. The summed E-state index contributed by atoms with van der Waals surface area (Å²) in [5.41, 5.74) is 1.18. The van der Waals surface area contributed by atoms with Crippen LogP contribution in [0.1, 0.15) is 6.42 Å². The summed E-state index contributed by atoms with van der Waals surface area (Å²) in [6.07, 6.45) is 0.976. The summed E-state index contributed by atoms with van der Waals surface area (Å²) in [4.78, 5) is 15.1. The summed E-state index contributed by atoms with van der Waals surface area (Å²) in [5, 5.41) is 10.7. The molecule has 0 aromatic heterocycles. The molecule has 0 bridgehead atoms. The van der Waals surface area contributed by atoms with Gasteiger partial charge in [-0.05, 0) is 42.8 Å². The van der Waals surface area contributed by atoms with Crippen molar-refractivity contribution in [2.24, 2.45) is 0 Å². The maximum Gasteiger partial charge on any atom is 0.269 e. The second kappa shape index (κ2) is 9.23. The third-order valence-electron chi connectivity index (χ3n) is 4.74. The molecule has 1 aliphatic rings. The summed E-state index contributed by atoms with van der Waals surface area (Å²) in [7, 11) is 1.65. The molecule has 1 heterocycles. The number of nitrogens with zero attached hydrogens (tertiary/aromatic N) is 3. The first-order valence-corrected chi connectivity index (χ1v) is 9.14. The molecule has 0 aliphatic carbocycles. The van der Waals surface area contributed by atoms with Crippen molar-refractivity contribution >= 4 is 11.4 Å². The lowest BCUT2D eigenvalue weighted by molar-refractivity contribution is -0.384. The molecule has 0 radical (unpaired) electrons. The van der Waals surface area contributed by atoms with Gasteiger partial charge in [0, 0.05) is 50.5 Å². The predicted molar refractivity (Wildman–Crippen MR) is 105 cm³/mol. The molecular weight excluding hydrogens is 346 g/mol. The Balaban J connectivity index is 1.36. The van der Waals surface area contributed by atoms with Gasteiger partial charge in [0.2, 0.25) is 0 Å². The van der Waals surface area contributed by atoms with Gasteiger partial charge in [-0.2, -0.15) is 0 Å². The zero-order valence-corrected chi connectivity index (χ0v) is 15.5. The number of ether oxygens (including phenoxy) is 2. The van der Waals surface area contributed by atoms with Gasteiger partial charge in [-0.3, -0.25) is 15.0 Å². The number of nitro benzene ring substituents is 1. The van der Waals surface area contributed by atoms with E-state index in [4.69, 9.17) is 9.47 Å². The van der Waals surface area contributed by atoms with Gasteiger partial charge in [0.05, 0.1) is 18.6 Å². The lowest BCUT2D eigenvalue weighted by atomic mass is 10.2. The van der Waals surface area contributed by atoms with Crippen LogP contribution in [0.2, 0.25) is 0 Å². The van der Waals surface area contributed by atoms with Crippen molar-refractivity contribution in [3.63, 3.8) is 0 Å². The van der Waals surface area contributed by atoms with E-state index in [0.29, 0.717) is 6.61 Å². The van der Waals surface area contributed by atoms with Gasteiger partial charge >= 0.3 is 0 Å². The minimum Gasteiger partial charge on any atom is -0.497 e. The van der Waals surface area contributed by atoms with E-state index in [9.17, 15) is 10.1 Å². The van der Waals surface area contributed by atoms with Crippen LogP contribution in [0, 0.1) is 10.1 Å². The predicted octanol–water partition coefficient (Wildman–Crippen LogP) is 3.19. The van der Waals surface area contributed by atoms with Gasteiger partial charge in [-0.25, -0.2) is 0 Å². The van der Waals surface area contributed by atoms with E-state index in [0.717, 1.165) is 56.3 Å². The third-order valence-corrected chi connectivity index (χ3v) is 4.74. The average Bonchev–Trinajstić information content (AvgIpc) is 2.72. The minimum atomic E-state index is -0.365. The van der Waals surface area contributed by atoms with Crippen molar-refractivity contribution in [2.45, 2.75) is 6.42 Å². The SMILES string of the molecule is COc1ccc(OCCCN2CCN(c3ccc([N+](=O)[O-])cc3)CC2)cc1. The summed E-state index contributed by atoms with van der Waals surface area (Å²) in [6.45, 7) is 5.52. The number of piperazine rings is 1. The number of methoxy groups -OCH3 is 1. The Labute approximate surface area is 159 Å². The summed E-state index contributed by atoms with van der Waals surface area (Å²) in [5.74, 6) is 1.69. The quantitative estimate of drug-likeness (QED) is 0.403. The average molecular weight is 371 g/mol. The van der Waals surface area contributed by atoms with E-state index in [1.165, 1.54) is 0 Å². The van der Waals surface area contributed by atoms with Crippen molar-refractivity contribution in [1.29, 1.82) is 0 Å². The van der Waals surface area contributed by atoms with Gasteiger partial charge in [0.25, 0.3) is 5.69 Å². The Kier molecular flexibility index (Phi) is 6.49. The molecule has 144 valence electrons. The molecule has 3 rings (SSSR count). The largest absolute Gasteiger partial charge is 0.497 e. The Morgan fingerprint density at radius 2 is 1.59 bits per heavy atom. The number of anilines is 1. The number of hydrogen-bond acceptors (Lipinski definition) is 6. The molecule has 0 saturated carbocycles. The molecular formula is C20H25N3O4. The van der Waals surface area contributed by atoms with Crippen LogP contribution in [0.3, 0.4) is 0 Å². The standard InChI is InChI=1S/C20H25N3O4/c1-26-19-7-9-20(10-8-19)27-16-2-11-21-12-14-22(15-13-21)17-3-5-18(6-4-17)23(24)25/h3-10H,2,11-16H2,1H3. The number of non-ortho nitro benzene ring substituents is 1. The highest BCUT2D eigenvalue weighted by Crippen LogP contribution is 2.21. The number of benzene rings is 2. The van der Waals surface area contributed by atoms with Crippen LogP contribution < -0.4 is 14.4 Å². The second-order valence-electron chi connectivity index (χ2n) is 6.48. The smallest absolute Gasteiger partial charge is 0.269 e. The lowest BCUT2D eigenvalue weighted by Crippen LogP contribution is -2.46. The van der Waals surface area contributed by atoms with Gasteiger partial charge in [0.15, 0.2) is 0 Å². The van der Waals surface area contributed by atoms with Crippen molar-refractivity contribution < 1.29 is 14.4 Å². The second-order valence-corrected chi connectivity index (χ2v) is 6.48. The number of rotatable bonds is 8. The Morgan fingerprint density at radius 3 is 2.19 bits per heavy atom. The van der Waals surface area contributed by atoms with Crippen molar-refractivity contribution in [3.05, 3.63) is 58.6 Å². The first-order valence-electron chi connectivity index (χ1n) is 9.14. The van der Waals surface area contributed by atoms with E-state index in [1.54, 1.807) is 19.2 Å². The first-order chi connectivity index (χ1) is 13.2. The molecule has 0 amide bonds. The van der Waals surface area contributed by atoms with Gasteiger partial charge < -0.3 is 14.4 Å².